The lowest BCUT2D eigenvalue weighted by Crippen LogP contribution is -2.30. The number of aryl methyl sites for hydroxylation is 2. The summed E-state index contributed by atoms with van der Waals surface area (Å²) in [7, 11) is 3.99. The number of halogens is 2. The average molecular weight is 424 g/mol. The molecule has 4 rings (SSSR count). The van der Waals surface area contributed by atoms with E-state index < -0.39 is 6.43 Å². The normalized spacial score (nSPS) is 14.3. The van der Waals surface area contributed by atoms with Crippen LogP contribution in [0.5, 0.6) is 0 Å². The fourth-order valence-corrected chi connectivity index (χ4v) is 4.05. The summed E-state index contributed by atoms with van der Waals surface area (Å²) in [5, 5.41) is 0. The van der Waals surface area contributed by atoms with Gasteiger partial charge in [-0.25, -0.2) is 18.7 Å². The Bertz CT molecular complexity index is 1150. The number of nitrogens with zero attached hydrogens (tertiary/aromatic N) is 5. The van der Waals surface area contributed by atoms with Crippen molar-refractivity contribution in [2.45, 2.75) is 26.2 Å². The van der Waals surface area contributed by atoms with Gasteiger partial charge in [-0.1, -0.05) is 25.6 Å². The third kappa shape index (κ3) is 4.04. The first-order valence-electron chi connectivity index (χ1n) is 10.4. The molecule has 0 amide bonds. The number of alkyl halides is 2. The van der Waals surface area contributed by atoms with Crippen LogP contribution < -0.4 is 4.90 Å². The van der Waals surface area contributed by atoms with Gasteiger partial charge in [-0.2, -0.15) is 0 Å². The van der Waals surface area contributed by atoms with Gasteiger partial charge in [0.2, 0.25) is 0 Å². The molecule has 0 atom stereocenters. The Morgan fingerprint density at radius 2 is 2.06 bits per heavy atom. The topological polar surface area (TPSA) is 37.2 Å². The molecule has 0 bridgehead atoms. The summed E-state index contributed by atoms with van der Waals surface area (Å²) in [5.74, 6) is 0.858. The lowest BCUT2D eigenvalue weighted by atomic mass is 9.95. The Morgan fingerprint density at radius 3 is 2.74 bits per heavy atom. The van der Waals surface area contributed by atoms with Gasteiger partial charge in [-0.15, -0.1) is 0 Å². The standard InChI is InChI=1S/C24H27F2N5/c1-5-17-12-19(18-8-10-31(11-9-18)16(2)24(25)26)6-7-21(17)30(4)23-13-22-20(14-27-23)28-15-29(22)3/h6-8,12-15,24H,2,5,9-11H2,1,3-4H3. The lowest BCUT2D eigenvalue weighted by Gasteiger charge is -2.30. The van der Waals surface area contributed by atoms with Gasteiger partial charge in [-0.3, -0.25) is 0 Å². The van der Waals surface area contributed by atoms with Crippen LogP contribution in [0.25, 0.3) is 16.6 Å². The summed E-state index contributed by atoms with van der Waals surface area (Å²) in [4.78, 5) is 12.7. The van der Waals surface area contributed by atoms with E-state index in [-0.39, 0.29) is 5.70 Å². The van der Waals surface area contributed by atoms with E-state index in [1.165, 1.54) is 11.1 Å². The number of anilines is 2. The van der Waals surface area contributed by atoms with Crippen molar-refractivity contribution >= 4 is 28.1 Å². The maximum Gasteiger partial charge on any atom is 0.277 e. The van der Waals surface area contributed by atoms with Crippen LogP contribution in [-0.2, 0) is 13.5 Å². The summed E-state index contributed by atoms with van der Waals surface area (Å²) >= 11 is 0. The van der Waals surface area contributed by atoms with Crippen LogP contribution in [-0.4, -0.2) is 46.0 Å². The Hall–Kier alpha value is -3.22. The molecule has 0 spiro atoms. The molecule has 1 aliphatic rings. The molecular weight excluding hydrogens is 396 g/mol. The molecular formula is C24H27F2N5. The zero-order valence-electron chi connectivity index (χ0n) is 18.1. The minimum atomic E-state index is -2.50. The van der Waals surface area contributed by atoms with Crippen molar-refractivity contribution in [3.8, 4) is 0 Å². The van der Waals surface area contributed by atoms with Crippen LogP contribution in [0.3, 0.4) is 0 Å². The summed E-state index contributed by atoms with van der Waals surface area (Å²) in [6.45, 7) is 6.68. The molecule has 0 radical (unpaired) electrons. The Morgan fingerprint density at radius 1 is 1.26 bits per heavy atom. The molecule has 3 aromatic rings. The molecule has 1 aromatic carbocycles. The van der Waals surface area contributed by atoms with E-state index in [2.05, 4.69) is 46.6 Å². The molecule has 162 valence electrons. The van der Waals surface area contributed by atoms with Crippen LogP contribution in [0, 0.1) is 0 Å². The first-order chi connectivity index (χ1) is 14.9. The molecule has 3 heterocycles. The van der Waals surface area contributed by atoms with Crippen molar-refractivity contribution in [1.82, 2.24) is 19.4 Å². The highest BCUT2D eigenvalue weighted by atomic mass is 19.3. The number of imidazole rings is 1. The number of aromatic nitrogens is 3. The van der Waals surface area contributed by atoms with E-state index in [0.717, 1.165) is 40.9 Å². The van der Waals surface area contributed by atoms with Crippen molar-refractivity contribution in [2.75, 3.05) is 25.0 Å². The molecule has 0 fully saturated rings. The second-order valence-corrected chi connectivity index (χ2v) is 7.86. The van der Waals surface area contributed by atoms with Gasteiger partial charge in [-0.05, 0) is 41.7 Å². The predicted octanol–water partition coefficient (Wildman–Crippen LogP) is 5.17. The summed E-state index contributed by atoms with van der Waals surface area (Å²) in [6, 6.07) is 8.48. The number of hydrogen-bond donors (Lipinski definition) is 0. The lowest BCUT2D eigenvalue weighted by molar-refractivity contribution is 0.144. The molecule has 0 saturated heterocycles. The van der Waals surface area contributed by atoms with Crippen molar-refractivity contribution in [1.29, 1.82) is 0 Å². The Balaban J connectivity index is 1.59. The van der Waals surface area contributed by atoms with Gasteiger partial charge in [0.1, 0.15) is 11.3 Å². The fraction of sp³-hybridized carbons (Fsp3) is 0.333. The second kappa shape index (κ2) is 8.49. The van der Waals surface area contributed by atoms with E-state index in [4.69, 9.17) is 0 Å². The zero-order chi connectivity index (χ0) is 22.1. The summed E-state index contributed by atoms with van der Waals surface area (Å²) in [6.07, 6.45) is 4.72. The van der Waals surface area contributed by atoms with E-state index in [1.807, 2.05) is 30.8 Å². The zero-order valence-corrected chi connectivity index (χ0v) is 18.1. The molecule has 0 aliphatic carbocycles. The minimum absolute atomic E-state index is 0.0978. The number of pyridine rings is 1. The van der Waals surface area contributed by atoms with Crippen LogP contribution in [0.4, 0.5) is 20.3 Å². The third-order valence-corrected chi connectivity index (χ3v) is 6.00. The maximum atomic E-state index is 12.9. The van der Waals surface area contributed by atoms with Crippen LogP contribution >= 0.6 is 0 Å². The van der Waals surface area contributed by atoms with Crippen LogP contribution in [0.15, 0.2) is 55.1 Å². The highest BCUT2D eigenvalue weighted by molar-refractivity contribution is 5.79. The monoisotopic (exact) mass is 423 g/mol. The van der Waals surface area contributed by atoms with Crippen molar-refractivity contribution in [3.63, 3.8) is 0 Å². The molecule has 0 N–H and O–H groups in total. The SMILES string of the molecule is C=C(C(F)F)N1CC=C(c2ccc(N(C)c3cc4c(cn3)ncn4C)c(CC)c2)CC1. The van der Waals surface area contributed by atoms with Crippen molar-refractivity contribution in [3.05, 3.63) is 66.3 Å². The minimum Gasteiger partial charge on any atom is -0.367 e. The number of allylic oxidation sites excluding steroid dienone is 1. The number of rotatable bonds is 6. The molecule has 31 heavy (non-hydrogen) atoms. The van der Waals surface area contributed by atoms with E-state index in [1.54, 1.807) is 17.4 Å². The Labute approximate surface area is 181 Å². The predicted molar refractivity (Wildman–Crippen MR) is 122 cm³/mol. The smallest absolute Gasteiger partial charge is 0.277 e. The van der Waals surface area contributed by atoms with Crippen LogP contribution in [0.1, 0.15) is 24.5 Å². The first kappa shape index (κ1) is 21.0. The molecule has 1 aliphatic heterocycles. The second-order valence-electron chi connectivity index (χ2n) is 7.86. The van der Waals surface area contributed by atoms with E-state index in [0.29, 0.717) is 13.1 Å². The van der Waals surface area contributed by atoms with Crippen molar-refractivity contribution < 1.29 is 8.78 Å². The Kier molecular flexibility index (Phi) is 5.76. The third-order valence-electron chi connectivity index (χ3n) is 6.00. The largest absolute Gasteiger partial charge is 0.367 e. The summed E-state index contributed by atoms with van der Waals surface area (Å²) in [5.41, 5.74) is 6.46. The summed E-state index contributed by atoms with van der Waals surface area (Å²) < 4.78 is 27.8. The number of benzene rings is 1. The molecule has 7 heteroatoms. The van der Waals surface area contributed by atoms with Gasteiger partial charge in [0, 0.05) is 38.9 Å². The van der Waals surface area contributed by atoms with Crippen LogP contribution in [0.2, 0.25) is 0 Å². The average Bonchev–Trinajstić information content (AvgIpc) is 3.17. The highest BCUT2D eigenvalue weighted by Crippen LogP contribution is 2.32. The highest BCUT2D eigenvalue weighted by Gasteiger charge is 2.20. The van der Waals surface area contributed by atoms with Gasteiger partial charge in [0.25, 0.3) is 6.43 Å². The number of fused-ring (bicyclic) bond motifs is 1. The van der Waals surface area contributed by atoms with Crippen molar-refractivity contribution in [2.24, 2.45) is 7.05 Å². The van der Waals surface area contributed by atoms with E-state index >= 15 is 0 Å². The molecule has 2 aromatic heterocycles. The van der Waals surface area contributed by atoms with Gasteiger partial charge < -0.3 is 14.4 Å². The van der Waals surface area contributed by atoms with Gasteiger partial charge in [0.05, 0.1) is 23.7 Å². The van der Waals surface area contributed by atoms with Gasteiger partial charge >= 0.3 is 0 Å². The first-order valence-corrected chi connectivity index (χ1v) is 10.4. The van der Waals surface area contributed by atoms with Gasteiger partial charge in [0.15, 0.2) is 0 Å². The quantitative estimate of drug-likeness (QED) is 0.548. The molecule has 0 saturated carbocycles. The number of hydrogen-bond acceptors (Lipinski definition) is 4. The maximum absolute atomic E-state index is 12.9. The fourth-order valence-electron chi connectivity index (χ4n) is 4.05. The molecule has 5 nitrogen and oxygen atoms in total. The van der Waals surface area contributed by atoms with E-state index in [9.17, 15) is 8.78 Å². The molecule has 0 unspecified atom stereocenters.